The fourth-order valence-corrected chi connectivity index (χ4v) is 2.90. The van der Waals surface area contributed by atoms with Gasteiger partial charge in [-0.1, -0.05) is 30.3 Å². The first kappa shape index (κ1) is 17.9. The summed E-state index contributed by atoms with van der Waals surface area (Å²) in [5, 5.41) is 21.7. The average Bonchev–Trinajstić information content (AvgIpc) is 3.03. The van der Waals surface area contributed by atoms with Gasteiger partial charge < -0.3 is 10.0 Å². The Morgan fingerprint density at radius 3 is 2.58 bits per heavy atom. The first-order valence-electron chi connectivity index (χ1n) is 8.49. The second kappa shape index (κ2) is 7.97. The number of rotatable bonds is 6. The van der Waals surface area contributed by atoms with Crippen molar-refractivity contribution in [2.75, 3.05) is 18.0 Å². The molecule has 0 radical (unpaired) electrons. The molecule has 0 fully saturated rings. The summed E-state index contributed by atoms with van der Waals surface area (Å²) in [6, 6.07) is 15.2. The Morgan fingerprint density at radius 1 is 1.19 bits per heavy atom. The molecule has 134 valence electrons. The Morgan fingerprint density at radius 2 is 1.92 bits per heavy atom. The zero-order chi connectivity index (χ0) is 18.5. The van der Waals surface area contributed by atoms with Gasteiger partial charge in [-0.15, -0.1) is 0 Å². The summed E-state index contributed by atoms with van der Waals surface area (Å²) in [5.41, 5.74) is 2.50. The van der Waals surface area contributed by atoms with E-state index in [1.807, 2.05) is 42.5 Å². The fraction of sp³-hybridized carbons (Fsp3) is 0.211. The van der Waals surface area contributed by atoms with Crippen LogP contribution in [0.15, 0.2) is 53.6 Å². The number of hydrogen-bond acceptors (Lipinski definition) is 5. The highest BCUT2D eigenvalue weighted by Crippen LogP contribution is 2.24. The second-order valence-corrected chi connectivity index (χ2v) is 6.08. The van der Waals surface area contributed by atoms with Crippen LogP contribution in [0.5, 0.6) is 5.75 Å². The van der Waals surface area contributed by atoms with Gasteiger partial charge in [-0.2, -0.15) is 14.9 Å². The molecule has 0 bridgehead atoms. The van der Waals surface area contributed by atoms with E-state index in [2.05, 4.69) is 34.0 Å². The number of aromatic hydroxyl groups is 1. The van der Waals surface area contributed by atoms with Crippen molar-refractivity contribution in [2.24, 2.45) is 5.10 Å². The Hall–Kier alpha value is -2.93. The highest BCUT2D eigenvalue weighted by Gasteiger charge is 2.09. The van der Waals surface area contributed by atoms with Gasteiger partial charge in [-0.05, 0) is 38.2 Å². The molecule has 2 N–H and O–H groups in total. The van der Waals surface area contributed by atoms with Crippen LogP contribution in [-0.4, -0.2) is 39.3 Å². The van der Waals surface area contributed by atoms with Gasteiger partial charge in [0.25, 0.3) is 0 Å². The van der Waals surface area contributed by atoms with Gasteiger partial charge in [-0.3, -0.25) is 0 Å². The molecule has 3 rings (SSSR count). The maximum absolute atomic E-state index is 10.3. The van der Waals surface area contributed by atoms with Crippen molar-refractivity contribution < 1.29 is 5.11 Å². The predicted molar refractivity (Wildman–Crippen MR) is 108 cm³/mol. The van der Waals surface area contributed by atoms with Gasteiger partial charge in [0.2, 0.25) is 4.77 Å². The lowest BCUT2D eigenvalue weighted by atomic mass is 10.2. The second-order valence-electron chi connectivity index (χ2n) is 5.69. The van der Waals surface area contributed by atoms with E-state index >= 15 is 0 Å². The lowest BCUT2D eigenvalue weighted by molar-refractivity contribution is 0.474. The maximum Gasteiger partial charge on any atom is 0.216 e. The molecule has 0 amide bonds. The van der Waals surface area contributed by atoms with Crippen molar-refractivity contribution in [3.05, 3.63) is 58.9 Å². The van der Waals surface area contributed by atoms with Crippen molar-refractivity contribution in [3.8, 4) is 17.1 Å². The summed E-state index contributed by atoms with van der Waals surface area (Å²) < 4.78 is 1.93. The molecule has 0 aliphatic rings. The molecule has 0 spiro atoms. The molecule has 1 aromatic heterocycles. The normalized spacial score (nSPS) is 11.2. The molecule has 7 heteroatoms. The van der Waals surface area contributed by atoms with Gasteiger partial charge in [-0.25, -0.2) is 5.10 Å². The van der Waals surface area contributed by atoms with Crippen LogP contribution in [0, 0.1) is 4.77 Å². The lowest BCUT2D eigenvalue weighted by Crippen LogP contribution is -2.21. The molecule has 0 unspecified atom stereocenters. The molecule has 2 aromatic carbocycles. The molecule has 0 saturated heterocycles. The monoisotopic (exact) mass is 367 g/mol. The van der Waals surface area contributed by atoms with E-state index in [9.17, 15) is 5.11 Å². The lowest BCUT2D eigenvalue weighted by Gasteiger charge is -2.21. The Bertz CT molecular complexity index is 958. The quantitative estimate of drug-likeness (QED) is 0.509. The van der Waals surface area contributed by atoms with Crippen LogP contribution in [0.1, 0.15) is 19.4 Å². The number of aromatic nitrogens is 3. The molecule has 0 aliphatic carbocycles. The molecule has 3 aromatic rings. The molecule has 0 saturated carbocycles. The van der Waals surface area contributed by atoms with E-state index in [1.165, 1.54) is 0 Å². The topological polar surface area (TPSA) is 69.4 Å². The van der Waals surface area contributed by atoms with E-state index in [1.54, 1.807) is 17.0 Å². The number of nitrogens with zero attached hydrogens (tertiary/aromatic N) is 4. The number of nitrogens with one attached hydrogen (secondary N) is 1. The predicted octanol–water partition coefficient (Wildman–Crippen LogP) is 4.04. The number of hydrogen-bond donors (Lipinski definition) is 2. The zero-order valence-corrected chi connectivity index (χ0v) is 15.6. The molecule has 1 heterocycles. The third-order valence-corrected chi connectivity index (χ3v) is 4.40. The number of aromatic amines is 1. The third kappa shape index (κ3) is 3.67. The molecule has 0 aliphatic heterocycles. The van der Waals surface area contributed by atoms with Crippen molar-refractivity contribution >= 4 is 24.1 Å². The smallest absolute Gasteiger partial charge is 0.216 e. The Balaban J connectivity index is 1.92. The first-order chi connectivity index (χ1) is 12.6. The van der Waals surface area contributed by atoms with E-state index in [0.29, 0.717) is 16.2 Å². The van der Waals surface area contributed by atoms with Crippen LogP contribution in [0.2, 0.25) is 0 Å². The number of H-pyrrole nitrogens is 1. The van der Waals surface area contributed by atoms with E-state index in [4.69, 9.17) is 12.2 Å². The van der Waals surface area contributed by atoms with Crippen LogP contribution in [0.3, 0.4) is 0 Å². The van der Waals surface area contributed by atoms with Crippen LogP contribution in [-0.2, 0) is 0 Å². The maximum atomic E-state index is 10.3. The first-order valence-corrected chi connectivity index (χ1v) is 8.90. The van der Waals surface area contributed by atoms with Crippen LogP contribution in [0.4, 0.5) is 5.69 Å². The number of benzene rings is 2. The van der Waals surface area contributed by atoms with Crippen molar-refractivity contribution in [2.45, 2.75) is 13.8 Å². The minimum atomic E-state index is 0.175. The number of phenols is 1. The molecular formula is C19H21N5OS. The summed E-state index contributed by atoms with van der Waals surface area (Å²) >= 11 is 5.27. The third-order valence-electron chi connectivity index (χ3n) is 4.14. The summed E-state index contributed by atoms with van der Waals surface area (Å²) in [4.78, 5) is 2.17. The van der Waals surface area contributed by atoms with Gasteiger partial charge in [0.1, 0.15) is 5.75 Å². The van der Waals surface area contributed by atoms with Crippen LogP contribution >= 0.6 is 12.2 Å². The summed E-state index contributed by atoms with van der Waals surface area (Å²) in [6.07, 6.45) is 1.58. The Kier molecular flexibility index (Phi) is 5.48. The van der Waals surface area contributed by atoms with Gasteiger partial charge in [0, 0.05) is 36.0 Å². The van der Waals surface area contributed by atoms with Crippen molar-refractivity contribution in [3.63, 3.8) is 0 Å². The van der Waals surface area contributed by atoms with Gasteiger partial charge in [0.15, 0.2) is 5.82 Å². The SMILES string of the molecule is CCN(CC)c1ccc(/C=N/n2c(-c3ccccc3)n[nH]c2=S)c(O)c1. The molecule has 0 atom stereocenters. The highest BCUT2D eigenvalue weighted by atomic mass is 32.1. The van der Waals surface area contributed by atoms with E-state index < -0.39 is 0 Å². The number of anilines is 1. The summed E-state index contributed by atoms with van der Waals surface area (Å²) in [5.74, 6) is 0.792. The van der Waals surface area contributed by atoms with Crippen LogP contribution < -0.4 is 4.90 Å². The number of phenolic OH excluding ortho intramolecular Hbond substituents is 1. The zero-order valence-electron chi connectivity index (χ0n) is 14.8. The summed E-state index contributed by atoms with van der Waals surface area (Å²) in [7, 11) is 0. The van der Waals surface area contributed by atoms with E-state index in [0.717, 1.165) is 24.3 Å². The minimum absolute atomic E-state index is 0.175. The summed E-state index contributed by atoms with van der Waals surface area (Å²) in [6.45, 7) is 5.94. The average molecular weight is 367 g/mol. The van der Waals surface area contributed by atoms with E-state index in [-0.39, 0.29) is 5.75 Å². The molecule has 26 heavy (non-hydrogen) atoms. The molecular weight excluding hydrogens is 346 g/mol. The van der Waals surface area contributed by atoms with Crippen molar-refractivity contribution in [1.82, 2.24) is 14.9 Å². The van der Waals surface area contributed by atoms with Crippen LogP contribution in [0.25, 0.3) is 11.4 Å². The Labute approximate surface area is 157 Å². The highest BCUT2D eigenvalue weighted by molar-refractivity contribution is 7.71. The minimum Gasteiger partial charge on any atom is -0.507 e. The molecule has 6 nitrogen and oxygen atoms in total. The fourth-order valence-electron chi connectivity index (χ4n) is 2.72. The van der Waals surface area contributed by atoms with Gasteiger partial charge >= 0.3 is 0 Å². The van der Waals surface area contributed by atoms with Gasteiger partial charge in [0.05, 0.1) is 6.21 Å². The largest absolute Gasteiger partial charge is 0.507 e. The standard InChI is InChI=1S/C19H21N5OS/c1-3-23(4-2)16-11-10-15(17(25)12-16)13-20-24-18(21-22-19(24)26)14-8-6-5-7-9-14/h5-13,25H,3-4H2,1-2H3,(H,22,26)/b20-13+. The van der Waals surface area contributed by atoms with Crippen molar-refractivity contribution in [1.29, 1.82) is 0 Å².